The second-order valence-electron chi connectivity index (χ2n) is 10.7. The van der Waals surface area contributed by atoms with Gasteiger partial charge in [0.05, 0.1) is 5.69 Å². The maximum atomic E-state index is 12.9. The number of amidine groups is 1. The molecule has 44 heavy (non-hydrogen) atoms. The molecular weight excluding hydrogens is 589 g/mol. The number of nitrogens with one attached hydrogen (secondary N) is 1. The number of ether oxygens (including phenoxy) is 1. The van der Waals surface area contributed by atoms with E-state index in [0.717, 1.165) is 40.7 Å². The van der Waals surface area contributed by atoms with Gasteiger partial charge in [0.2, 0.25) is 0 Å². The van der Waals surface area contributed by atoms with E-state index in [1.54, 1.807) is 11.8 Å². The van der Waals surface area contributed by atoms with Crippen LogP contribution in [0.3, 0.4) is 0 Å². The molecule has 12 heteroatoms. The van der Waals surface area contributed by atoms with Crippen LogP contribution >= 0.6 is 11.8 Å². The minimum atomic E-state index is -4.75. The Kier molecular flexibility index (Phi) is 9.58. The first-order chi connectivity index (χ1) is 21.1. The predicted octanol–water partition coefficient (Wildman–Crippen LogP) is 7.77. The molecule has 0 bridgehead atoms. The van der Waals surface area contributed by atoms with Crippen LogP contribution in [0.5, 0.6) is 5.75 Å². The third-order valence-electron chi connectivity index (χ3n) is 7.16. The van der Waals surface area contributed by atoms with Gasteiger partial charge in [-0.1, -0.05) is 75.0 Å². The van der Waals surface area contributed by atoms with E-state index in [1.165, 1.54) is 40.8 Å². The summed E-state index contributed by atoms with van der Waals surface area (Å²) in [7, 11) is 0. The molecule has 5 rings (SSSR count). The molecule has 8 nitrogen and oxygen atoms in total. The second kappa shape index (κ2) is 13.5. The number of rotatable bonds is 8. The first-order valence-electron chi connectivity index (χ1n) is 14.3. The number of hydrogen-bond acceptors (Lipinski definition) is 5. The van der Waals surface area contributed by atoms with Gasteiger partial charge in [0.1, 0.15) is 12.1 Å². The molecule has 0 radical (unpaired) electrons. The maximum absolute atomic E-state index is 12.9. The Morgan fingerprint density at radius 3 is 2.48 bits per heavy atom. The van der Waals surface area contributed by atoms with Crippen molar-refractivity contribution in [3.63, 3.8) is 0 Å². The van der Waals surface area contributed by atoms with Gasteiger partial charge in [-0.25, -0.2) is 14.5 Å². The lowest BCUT2D eigenvalue weighted by atomic mass is 10.00. The zero-order valence-corrected chi connectivity index (χ0v) is 25.4. The molecule has 230 valence electrons. The fourth-order valence-electron chi connectivity index (χ4n) is 4.86. The van der Waals surface area contributed by atoms with Gasteiger partial charge in [-0.05, 0) is 59.7 Å². The van der Waals surface area contributed by atoms with Crippen LogP contribution in [-0.4, -0.2) is 51.2 Å². The first-order valence-corrected chi connectivity index (χ1v) is 15.3. The lowest BCUT2D eigenvalue weighted by molar-refractivity contribution is -0.274. The highest BCUT2D eigenvalue weighted by atomic mass is 32.2. The zero-order chi connectivity index (χ0) is 31.3. The second-order valence-corrected chi connectivity index (χ2v) is 11.8. The molecule has 4 aromatic rings. The number of aliphatic imine (C=N–C) groups is 1. The maximum Gasteiger partial charge on any atom is 0.573 e. The summed E-state index contributed by atoms with van der Waals surface area (Å²) in [6, 6.07) is 21.0. The van der Waals surface area contributed by atoms with Crippen molar-refractivity contribution in [3.05, 3.63) is 90.3 Å². The number of carbonyl (C=O) groups is 1. The lowest BCUT2D eigenvalue weighted by Gasteiger charge is -2.31. The summed E-state index contributed by atoms with van der Waals surface area (Å²) in [5.74, 6) is 1.47. The summed E-state index contributed by atoms with van der Waals surface area (Å²) in [6.07, 6.45) is -2.23. The number of alkyl halides is 3. The van der Waals surface area contributed by atoms with Crippen LogP contribution in [0, 0.1) is 0 Å². The number of para-hydroxylation sites is 1. The van der Waals surface area contributed by atoms with Crippen molar-refractivity contribution in [2.75, 3.05) is 23.7 Å². The number of hydrogen-bond donors (Lipinski definition) is 1. The van der Waals surface area contributed by atoms with Crippen LogP contribution in [0.1, 0.15) is 50.2 Å². The molecule has 1 saturated heterocycles. The van der Waals surface area contributed by atoms with Crippen LogP contribution in [0.25, 0.3) is 17.1 Å². The van der Waals surface area contributed by atoms with E-state index < -0.39 is 6.36 Å². The summed E-state index contributed by atoms with van der Waals surface area (Å²) in [6.45, 7) is 7.60. The van der Waals surface area contributed by atoms with E-state index in [-0.39, 0.29) is 17.7 Å². The average molecular weight is 623 g/mol. The zero-order valence-electron chi connectivity index (χ0n) is 24.6. The number of halogens is 3. The molecule has 1 atom stereocenters. The van der Waals surface area contributed by atoms with Gasteiger partial charge in [-0.15, -0.1) is 18.3 Å². The average Bonchev–Trinajstić information content (AvgIpc) is 3.50. The summed E-state index contributed by atoms with van der Waals surface area (Å²) >= 11 is 1.60. The van der Waals surface area contributed by atoms with Crippen molar-refractivity contribution in [3.8, 4) is 22.8 Å². The summed E-state index contributed by atoms with van der Waals surface area (Å²) in [5.41, 5.74) is 4.68. The van der Waals surface area contributed by atoms with Gasteiger partial charge in [0, 0.05) is 30.1 Å². The van der Waals surface area contributed by atoms with E-state index in [1.807, 2.05) is 43.3 Å². The van der Waals surface area contributed by atoms with Gasteiger partial charge in [0.25, 0.3) is 0 Å². The highest BCUT2D eigenvalue weighted by Gasteiger charge is 2.31. The van der Waals surface area contributed by atoms with Crippen molar-refractivity contribution in [2.24, 2.45) is 4.99 Å². The quantitative estimate of drug-likeness (QED) is 0.216. The molecule has 1 unspecified atom stereocenters. The molecule has 1 aliphatic rings. The standard InChI is InChI=1S/C32H33F3N6O2S/c1-21(2)27-7-4-5-8-28(27)40-17-6-18-44-31(40)38-30(42)36-19-22(3)23-9-11-24(12-10-23)29-37-20-41(39-29)25-13-15-26(16-14-25)43-32(33,34)35/h4-5,7-16,20-22H,6,17-19H2,1-3H3,(H,36,42)/b38-31-. The van der Waals surface area contributed by atoms with Gasteiger partial charge < -0.3 is 15.0 Å². The normalized spacial score (nSPS) is 15.4. The fourth-order valence-corrected chi connectivity index (χ4v) is 5.81. The van der Waals surface area contributed by atoms with Crippen LogP contribution in [-0.2, 0) is 0 Å². The summed E-state index contributed by atoms with van der Waals surface area (Å²) < 4.78 is 42.7. The molecule has 0 spiro atoms. The van der Waals surface area contributed by atoms with Crippen LogP contribution in [0.4, 0.5) is 23.7 Å². The Morgan fingerprint density at radius 2 is 1.77 bits per heavy atom. The Bertz CT molecular complexity index is 1600. The minimum absolute atomic E-state index is 0.0351. The fraction of sp³-hybridized carbons (Fsp3) is 0.312. The Hall–Kier alpha value is -4.32. The number of thioether (sulfide) groups is 1. The number of benzene rings is 3. The topological polar surface area (TPSA) is 84.6 Å². The monoisotopic (exact) mass is 622 g/mol. The molecule has 1 N–H and O–H groups in total. The Morgan fingerprint density at radius 1 is 1.05 bits per heavy atom. The molecule has 3 aromatic carbocycles. The number of amides is 2. The highest BCUT2D eigenvalue weighted by Crippen LogP contribution is 2.32. The Labute approximate surface area is 258 Å². The largest absolute Gasteiger partial charge is 0.573 e. The van der Waals surface area contributed by atoms with Crippen LogP contribution in [0.15, 0.2) is 84.1 Å². The number of carbonyl (C=O) groups excluding carboxylic acids is 1. The van der Waals surface area contributed by atoms with Crippen molar-refractivity contribution in [1.29, 1.82) is 0 Å². The van der Waals surface area contributed by atoms with Gasteiger partial charge >= 0.3 is 12.4 Å². The minimum Gasteiger partial charge on any atom is -0.406 e. The van der Waals surface area contributed by atoms with E-state index in [0.29, 0.717) is 24.0 Å². The number of aromatic nitrogens is 3. The highest BCUT2D eigenvalue weighted by molar-refractivity contribution is 8.14. The summed E-state index contributed by atoms with van der Waals surface area (Å²) in [5, 5.41) is 8.13. The molecule has 0 aliphatic carbocycles. The number of urea groups is 1. The van der Waals surface area contributed by atoms with E-state index in [9.17, 15) is 18.0 Å². The van der Waals surface area contributed by atoms with Crippen LogP contribution < -0.4 is 15.0 Å². The van der Waals surface area contributed by atoms with Crippen molar-refractivity contribution >= 4 is 28.6 Å². The third-order valence-corrected chi connectivity index (χ3v) is 8.22. The van der Waals surface area contributed by atoms with Gasteiger partial charge in [-0.3, -0.25) is 0 Å². The summed E-state index contributed by atoms with van der Waals surface area (Å²) in [4.78, 5) is 23.8. The van der Waals surface area contributed by atoms with E-state index in [4.69, 9.17) is 0 Å². The lowest BCUT2D eigenvalue weighted by Crippen LogP contribution is -2.36. The van der Waals surface area contributed by atoms with Gasteiger partial charge in [-0.2, -0.15) is 4.99 Å². The van der Waals surface area contributed by atoms with Crippen molar-refractivity contribution in [2.45, 2.75) is 45.4 Å². The number of nitrogens with zero attached hydrogens (tertiary/aromatic N) is 5. The van der Waals surface area contributed by atoms with E-state index >= 15 is 0 Å². The van der Waals surface area contributed by atoms with Crippen molar-refractivity contribution < 1.29 is 22.7 Å². The van der Waals surface area contributed by atoms with E-state index in [2.05, 4.69) is 56.0 Å². The molecule has 2 amide bonds. The molecule has 1 fully saturated rings. The number of anilines is 1. The molecule has 2 heterocycles. The SMILES string of the molecule is CC(C)c1ccccc1N1CCCS/C1=N\C(=O)NCC(C)c1ccc(-c2ncn(-c3ccc(OC(F)(F)F)cc3)n2)cc1. The smallest absolute Gasteiger partial charge is 0.406 e. The molecule has 0 saturated carbocycles. The third kappa shape index (κ3) is 7.79. The predicted molar refractivity (Wildman–Crippen MR) is 168 cm³/mol. The molecule has 1 aliphatic heterocycles. The Balaban J connectivity index is 1.19. The molecular formula is C32H33F3N6O2S. The van der Waals surface area contributed by atoms with Gasteiger partial charge in [0.15, 0.2) is 11.0 Å². The first kappa shape index (κ1) is 31.1. The van der Waals surface area contributed by atoms with Crippen molar-refractivity contribution in [1.82, 2.24) is 20.1 Å². The molecule has 1 aromatic heterocycles. The van der Waals surface area contributed by atoms with Crippen LogP contribution in [0.2, 0.25) is 0 Å².